The minimum Gasteiger partial charge on any atom is -0.508 e. The first-order valence-corrected chi connectivity index (χ1v) is 14.9. The number of nitrogens with zero attached hydrogens (tertiary/aromatic N) is 3. The number of aliphatic imine (C=N–C) groups is 1. The molecule has 0 saturated carbocycles. The van der Waals surface area contributed by atoms with Gasteiger partial charge in [-0.15, -0.1) is 0 Å². The highest BCUT2D eigenvalue weighted by molar-refractivity contribution is 7.92. The lowest BCUT2D eigenvalue weighted by Gasteiger charge is -2.23. The molecule has 11 heteroatoms. The van der Waals surface area contributed by atoms with Gasteiger partial charge in [0, 0.05) is 60.1 Å². The summed E-state index contributed by atoms with van der Waals surface area (Å²) in [4.78, 5) is 21.1. The van der Waals surface area contributed by atoms with E-state index in [4.69, 9.17) is 23.2 Å². The van der Waals surface area contributed by atoms with Crippen LogP contribution in [0.3, 0.4) is 0 Å². The molecule has 1 aliphatic rings. The number of carbonyl (C=O) groups is 1. The Bertz CT molecular complexity index is 1520. The zero-order valence-corrected chi connectivity index (χ0v) is 24.3. The van der Waals surface area contributed by atoms with E-state index in [9.17, 15) is 18.3 Å². The van der Waals surface area contributed by atoms with Crippen LogP contribution in [0.15, 0.2) is 70.6 Å². The van der Waals surface area contributed by atoms with Crippen LogP contribution < -0.4 is 4.72 Å². The lowest BCUT2D eigenvalue weighted by molar-refractivity contribution is 0.0761. The normalized spacial score (nSPS) is 14.7. The second kappa shape index (κ2) is 12.9. The molecule has 3 aromatic carbocycles. The molecule has 0 radical (unpaired) electrons. The Balaban J connectivity index is 1.42. The molecule has 0 aromatic heterocycles. The number of phenols is 1. The maximum absolute atomic E-state index is 13.2. The molecule has 210 valence electrons. The van der Waals surface area contributed by atoms with Crippen molar-refractivity contribution in [1.29, 1.82) is 0 Å². The first-order chi connectivity index (χ1) is 19.1. The first-order valence-electron chi connectivity index (χ1n) is 12.7. The fourth-order valence-corrected chi connectivity index (χ4v) is 6.41. The quantitative estimate of drug-likeness (QED) is 0.299. The van der Waals surface area contributed by atoms with Crippen LogP contribution in [0.25, 0.3) is 6.08 Å². The smallest absolute Gasteiger partial charge is 0.264 e. The number of halogens is 2. The Labute approximate surface area is 244 Å². The summed E-state index contributed by atoms with van der Waals surface area (Å²) in [5.74, 6) is -0.0892. The number of carbonyl (C=O) groups excluding carboxylic acids is 1. The molecule has 0 bridgehead atoms. The Hall–Kier alpha value is -3.37. The summed E-state index contributed by atoms with van der Waals surface area (Å²) in [7, 11) is -3.95. The number of benzene rings is 3. The minimum absolute atomic E-state index is 0.0144. The minimum atomic E-state index is -3.95. The predicted octanol–water partition coefficient (Wildman–Crippen LogP) is 6.21. The Morgan fingerprint density at radius 3 is 2.52 bits per heavy atom. The number of anilines is 1. The number of amides is 1. The van der Waals surface area contributed by atoms with Crippen molar-refractivity contribution in [2.75, 3.05) is 30.9 Å². The SMILES string of the molecule is C=Nc1c(/C=C\C)cccc1S(=O)(=O)Nc1ccc(C(=O)N2CCCN(Cc3c(O)cc(Cl)cc3Cl)CC2)cc1. The van der Waals surface area contributed by atoms with Crippen molar-refractivity contribution in [3.8, 4) is 5.75 Å². The van der Waals surface area contributed by atoms with Gasteiger partial charge < -0.3 is 10.0 Å². The monoisotopic (exact) mass is 600 g/mol. The molecule has 0 unspecified atom stereocenters. The summed E-state index contributed by atoms with van der Waals surface area (Å²) in [5, 5.41) is 11.0. The van der Waals surface area contributed by atoms with E-state index < -0.39 is 10.0 Å². The summed E-state index contributed by atoms with van der Waals surface area (Å²) in [6, 6.07) is 14.3. The highest BCUT2D eigenvalue weighted by atomic mass is 35.5. The van der Waals surface area contributed by atoms with Gasteiger partial charge in [0.25, 0.3) is 15.9 Å². The van der Waals surface area contributed by atoms with Gasteiger partial charge in [0.1, 0.15) is 10.6 Å². The van der Waals surface area contributed by atoms with Crippen molar-refractivity contribution in [3.63, 3.8) is 0 Å². The number of rotatable bonds is 8. The van der Waals surface area contributed by atoms with Crippen molar-refractivity contribution in [1.82, 2.24) is 9.80 Å². The Kier molecular flexibility index (Phi) is 9.52. The van der Waals surface area contributed by atoms with E-state index in [2.05, 4.69) is 21.3 Å². The number of aromatic hydroxyl groups is 1. The van der Waals surface area contributed by atoms with Gasteiger partial charge in [0.2, 0.25) is 0 Å². The number of hydrogen-bond donors (Lipinski definition) is 2. The Morgan fingerprint density at radius 1 is 1.10 bits per heavy atom. The van der Waals surface area contributed by atoms with E-state index in [1.165, 1.54) is 12.1 Å². The van der Waals surface area contributed by atoms with Crippen LogP contribution >= 0.6 is 23.2 Å². The molecule has 8 nitrogen and oxygen atoms in total. The number of para-hydroxylation sites is 1. The van der Waals surface area contributed by atoms with E-state index in [0.717, 1.165) is 13.0 Å². The third kappa shape index (κ3) is 6.85. The van der Waals surface area contributed by atoms with Crippen molar-refractivity contribution in [2.24, 2.45) is 4.99 Å². The van der Waals surface area contributed by atoms with Crippen molar-refractivity contribution in [3.05, 3.63) is 87.4 Å². The van der Waals surface area contributed by atoms with Crippen LogP contribution in [0.5, 0.6) is 5.75 Å². The lowest BCUT2D eigenvalue weighted by Crippen LogP contribution is -2.35. The van der Waals surface area contributed by atoms with E-state index in [0.29, 0.717) is 58.6 Å². The molecule has 1 heterocycles. The molecule has 2 N–H and O–H groups in total. The summed E-state index contributed by atoms with van der Waals surface area (Å²) in [6.07, 6.45) is 4.31. The Morgan fingerprint density at radius 2 is 1.85 bits per heavy atom. The highest BCUT2D eigenvalue weighted by Crippen LogP contribution is 2.32. The van der Waals surface area contributed by atoms with Crippen molar-refractivity contribution >= 4 is 63.3 Å². The van der Waals surface area contributed by atoms with Crippen LogP contribution in [-0.4, -0.2) is 62.1 Å². The molecule has 0 spiro atoms. The summed E-state index contributed by atoms with van der Waals surface area (Å²) in [6.45, 7) is 8.22. The number of phenolic OH excluding ortho intramolecular Hbond substituents is 1. The number of sulfonamides is 1. The number of nitrogens with one attached hydrogen (secondary N) is 1. The van der Waals surface area contributed by atoms with Gasteiger partial charge in [-0.05, 0) is 62.5 Å². The van der Waals surface area contributed by atoms with Gasteiger partial charge in [-0.2, -0.15) is 0 Å². The zero-order chi connectivity index (χ0) is 28.9. The fraction of sp³-hybridized carbons (Fsp3) is 0.241. The van der Waals surface area contributed by atoms with Gasteiger partial charge >= 0.3 is 0 Å². The molecular formula is C29H30Cl2N4O4S. The third-order valence-electron chi connectivity index (χ3n) is 6.60. The van der Waals surface area contributed by atoms with Crippen LogP contribution in [0.4, 0.5) is 11.4 Å². The molecule has 40 heavy (non-hydrogen) atoms. The second-order valence-electron chi connectivity index (χ2n) is 9.34. The van der Waals surface area contributed by atoms with Crippen LogP contribution in [-0.2, 0) is 16.6 Å². The predicted molar refractivity (Wildman–Crippen MR) is 162 cm³/mol. The van der Waals surface area contributed by atoms with Crippen LogP contribution in [0, 0.1) is 0 Å². The van der Waals surface area contributed by atoms with Crippen LogP contribution in [0.1, 0.15) is 34.8 Å². The first kappa shape index (κ1) is 29.6. The zero-order valence-electron chi connectivity index (χ0n) is 22.0. The van der Waals surface area contributed by atoms with Gasteiger partial charge in [-0.3, -0.25) is 19.4 Å². The number of allylic oxidation sites excluding steroid dienone is 1. The molecule has 1 amide bonds. The maximum Gasteiger partial charge on any atom is 0.264 e. The topological polar surface area (TPSA) is 102 Å². The molecular weight excluding hydrogens is 571 g/mol. The largest absolute Gasteiger partial charge is 0.508 e. The van der Waals surface area contributed by atoms with Crippen molar-refractivity contribution < 1.29 is 18.3 Å². The van der Waals surface area contributed by atoms with Gasteiger partial charge in [0.05, 0.1) is 10.7 Å². The number of hydrogen-bond acceptors (Lipinski definition) is 6. The summed E-state index contributed by atoms with van der Waals surface area (Å²) in [5.41, 5.74) is 2.30. The molecule has 0 atom stereocenters. The molecule has 3 aromatic rings. The van der Waals surface area contributed by atoms with Gasteiger partial charge in [-0.25, -0.2) is 8.42 Å². The second-order valence-corrected chi connectivity index (χ2v) is 11.8. The lowest BCUT2D eigenvalue weighted by atomic mass is 10.1. The third-order valence-corrected chi connectivity index (χ3v) is 8.57. The fourth-order valence-electron chi connectivity index (χ4n) is 4.62. The van der Waals surface area contributed by atoms with E-state index in [1.54, 1.807) is 59.5 Å². The van der Waals surface area contributed by atoms with E-state index in [-0.39, 0.29) is 22.2 Å². The van der Waals surface area contributed by atoms with Crippen LogP contribution in [0.2, 0.25) is 10.0 Å². The maximum atomic E-state index is 13.2. The molecule has 4 rings (SSSR count). The van der Waals surface area contributed by atoms with E-state index >= 15 is 0 Å². The van der Waals surface area contributed by atoms with Gasteiger partial charge in [0.15, 0.2) is 0 Å². The molecule has 1 fully saturated rings. The molecule has 0 aliphatic carbocycles. The standard InChI is InChI=1S/C29H30Cl2N4O4S/c1-3-6-20-7-4-8-27(28(20)32-2)40(38,39)33-23-11-9-21(10-12-23)29(37)35-14-5-13-34(15-16-35)19-24-25(31)17-22(30)18-26(24)36/h3-4,6-12,17-18,33,36H,2,5,13-16,19H2,1H3/b6-3-. The van der Waals surface area contributed by atoms with E-state index in [1.807, 2.05) is 6.92 Å². The highest BCUT2D eigenvalue weighted by Gasteiger charge is 2.23. The average molecular weight is 602 g/mol. The average Bonchev–Trinajstić information content (AvgIpc) is 3.16. The van der Waals surface area contributed by atoms with Gasteiger partial charge in [-0.1, -0.05) is 47.5 Å². The summed E-state index contributed by atoms with van der Waals surface area (Å²) < 4.78 is 28.8. The van der Waals surface area contributed by atoms with Crippen molar-refractivity contribution in [2.45, 2.75) is 24.8 Å². The molecule has 1 saturated heterocycles. The summed E-state index contributed by atoms with van der Waals surface area (Å²) >= 11 is 12.2. The molecule has 1 aliphatic heterocycles.